The molecule has 0 saturated carbocycles. The fourth-order valence-corrected chi connectivity index (χ4v) is 4.66. The van der Waals surface area contributed by atoms with Crippen molar-refractivity contribution in [1.82, 2.24) is 19.3 Å². The van der Waals surface area contributed by atoms with Gasteiger partial charge in [-0.05, 0) is 22.0 Å². The van der Waals surface area contributed by atoms with Gasteiger partial charge in [-0.1, -0.05) is 23.4 Å². The van der Waals surface area contributed by atoms with Crippen molar-refractivity contribution in [2.45, 2.75) is 11.6 Å². The number of aromatic nitrogens is 3. The van der Waals surface area contributed by atoms with Gasteiger partial charge in [0.1, 0.15) is 12.4 Å². The van der Waals surface area contributed by atoms with E-state index in [1.54, 1.807) is 7.05 Å². The molecule has 9 heteroatoms. The summed E-state index contributed by atoms with van der Waals surface area (Å²) in [4.78, 5) is 0. The van der Waals surface area contributed by atoms with Crippen molar-refractivity contribution >= 4 is 26.0 Å². The molecule has 0 fully saturated rings. The average Bonchev–Trinajstić information content (AvgIpc) is 2.68. The van der Waals surface area contributed by atoms with E-state index in [1.807, 2.05) is 24.3 Å². The first-order valence-corrected chi connectivity index (χ1v) is 8.49. The van der Waals surface area contributed by atoms with Crippen LogP contribution in [-0.4, -0.2) is 40.9 Å². The standard InChI is InChI=1S/C12H13BrN4O3S/c1-16-12(11(13)14-15-16)21(18,19)17-6-7-20-10-5-3-2-4-9(10)8-17/h2-5H,6-8H2,1H3. The lowest BCUT2D eigenvalue weighted by atomic mass is 10.2. The zero-order chi connectivity index (χ0) is 15.0. The average molecular weight is 373 g/mol. The Labute approximate surface area is 130 Å². The van der Waals surface area contributed by atoms with Crippen LogP contribution in [0.1, 0.15) is 5.56 Å². The summed E-state index contributed by atoms with van der Waals surface area (Å²) < 4.78 is 34.0. The predicted octanol–water partition coefficient (Wildman–Crippen LogP) is 1.16. The zero-order valence-electron chi connectivity index (χ0n) is 11.2. The Hall–Kier alpha value is -1.45. The number of halogens is 1. The van der Waals surface area contributed by atoms with Crippen LogP contribution >= 0.6 is 15.9 Å². The first-order chi connectivity index (χ1) is 10.00. The molecule has 3 rings (SSSR count). The number of para-hydroxylation sites is 1. The molecule has 0 spiro atoms. The molecule has 1 aromatic heterocycles. The summed E-state index contributed by atoms with van der Waals surface area (Å²) in [6.07, 6.45) is 0. The quantitative estimate of drug-likeness (QED) is 0.790. The second kappa shape index (κ2) is 5.39. The Morgan fingerprint density at radius 3 is 2.81 bits per heavy atom. The molecule has 2 heterocycles. The predicted molar refractivity (Wildman–Crippen MR) is 78.2 cm³/mol. The van der Waals surface area contributed by atoms with E-state index in [0.29, 0.717) is 6.61 Å². The largest absolute Gasteiger partial charge is 0.492 e. The molecule has 1 aliphatic rings. The van der Waals surface area contributed by atoms with Crippen LogP contribution < -0.4 is 4.74 Å². The molecular formula is C12H13BrN4O3S. The van der Waals surface area contributed by atoms with Crippen molar-refractivity contribution < 1.29 is 13.2 Å². The molecule has 112 valence electrons. The van der Waals surface area contributed by atoms with Crippen LogP contribution in [0.5, 0.6) is 5.75 Å². The number of nitrogens with zero attached hydrogens (tertiary/aromatic N) is 4. The van der Waals surface area contributed by atoms with Gasteiger partial charge in [-0.2, -0.15) is 4.31 Å². The highest BCUT2D eigenvalue weighted by atomic mass is 79.9. The highest BCUT2D eigenvalue weighted by Crippen LogP contribution is 2.28. The molecule has 21 heavy (non-hydrogen) atoms. The summed E-state index contributed by atoms with van der Waals surface area (Å²) in [5.74, 6) is 0.720. The number of rotatable bonds is 2. The van der Waals surface area contributed by atoms with E-state index in [9.17, 15) is 8.42 Å². The lowest BCUT2D eigenvalue weighted by Crippen LogP contribution is -2.33. The summed E-state index contributed by atoms with van der Waals surface area (Å²) >= 11 is 3.14. The SMILES string of the molecule is Cn1nnc(Br)c1S(=O)(=O)N1CCOc2ccccc2C1. The van der Waals surface area contributed by atoms with E-state index in [1.165, 1.54) is 8.99 Å². The monoisotopic (exact) mass is 372 g/mol. The number of benzene rings is 1. The van der Waals surface area contributed by atoms with Crippen molar-refractivity contribution in [2.75, 3.05) is 13.2 Å². The van der Waals surface area contributed by atoms with E-state index < -0.39 is 10.0 Å². The van der Waals surface area contributed by atoms with E-state index >= 15 is 0 Å². The van der Waals surface area contributed by atoms with Gasteiger partial charge in [-0.3, -0.25) is 0 Å². The number of ether oxygens (including phenoxy) is 1. The van der Waals surface area contributed by atoms with E-state index in [0.717, 1.165) is 11.3 Å². The topological polar surface area (TPSA) is 77.3 Å². The van der Waals surface area contributed by atoms with Gasteiger partial charge in [0.25, 0.3) is 10.0 Å². The third-order valence-electron chi connectivity index (χ3n) is 3.24. The third-order valence-corrected chi connectivity index (χ3v) is 5.97. The van der Waals surface area contributed by atoms with Gasteiger partial charge in [-0.15, -0.1) is 5.10 Å². The Balaban J connectivity index is 2.01. The van der Waals surface area contributed by atoms with Gasteiger partial charge in [0.2, 0.25) is 5.03 Å². The van der Waals surface area contributed by atoms with Crippen molar-refractivity contribution in [3.63, 3.8) is 0 Å². The molecule has 1 aliphatic heterocycles. The summed E-state index contributed by atoms with van der Waals surface area (Å²) in [6, 6.07) is 7.43. The van der Waals surface area contributed by atoms with Crippen LogP contribution in [0, 0.1) is 0 Å². The lowest BCUT2D eigenvalue weighted by Gasteiger charge is -2.19. The minimum absolute atomic E-state index is 0.0434. The second-order valence-electron chi connectivity index (χ2n) is 4.60. The van der Waals surface area contributed by atoms with Crippen molar-refractivity contribution in [3.8, 4) is 5.75 Å². The van der Waals surface area contributed by atoms with E-state index in [2.05, 4.69) is 26.2 Å². The Morgan fingerprint density at radius 1 is 1.33 bits per heavy atom. The fourth-order valence-electron chi connectivity index (χ4n) is 2.23. The number of fused-ring (bicyclic) bond motifs is 1. The molecule has 0 saturated heterocycles. The molecule has 0 radical (unpaired) electrons. The molecule has 0 amide bonds. The third kappa shape index (κ3) is 2.56. The van der Waals surface area contributed by atoms with Gasteiger partial charge in [0, 0.05) is 25.7 Å². The van der Waals surface area contributed by atoms with E-state index in [-0.39, 0.29) is 22.7 Å². The molecule has 0 aliphatic carbocycles. The Morgan fingerprint density at radius 2 is 2.10 bits per heavy atom. The first-order valence-electron chi connectivity index (χ1n) is 6.26. The van der Waals surface area contributed by atoms with Crippen LogP contribution in [-0.2, 0) is 23.6 Å². The number of hydrogen-bond acceptors (Lipinski definition) is 5. The highest BCUT2D eigenvalue weighted by Gasteiger charge is 2.32. The highest BCUT2D eigenvalue weighted by molar-refractivity contribution is 9.10. The van der Waals surface area contributed by atoms with Crippen molar-refractivity contribution in [2.24, 2.45) is 7.05 Å². The van der Waals surface area contributed by atoms with Crippen LogP contribution in [0.2, 0.25) is 0 Å². The molecule has 2 aromatic rings. The van der Waals surface area contributed by atoms with E-state index in [4.69, 9.17) is 4.74 Å². The van der Waals surface area contributed by atoms with Crippen molar-refractivity contribution in [1.29, 1.82) is 0 Å². The van der Waals surface area contributed by atoms with Crippen molar-refractivity contribution in [3.05, 3.63) is 34.4 Å². The Bertz CT molecular complexity index is 755. The minimum Gasteiger partial charge on any atom is -0.492 e. The van der Waals surface area contributed by atoms with Crippen LogP contribution in [0.4, 0.5) is 0 Å². The second-order valence-corrected chi connectivity index (χ2v) is 7.21. The molecule has 0 atom stereocenters. The first kappa shape index (κ1) is 14.5. The maximum Gasteiger partial charge on any atom is 0.263 e. The summed E-state index contributed by atoms with van der Waals surface area (Å²) in [7, 11) is -2.15. The summed E-state index contributed by atoms with van der Waals surface area (Å²) in [6.45, 7) is 0.837. The molecular weight excluding hydrogens is 360 g/mol. The van der Waals surface area contributed by atoms with Crippen LogP contribution in [0.15, 0.2) is 33.9 Å². The van der Waals surface area contributed by atoms with Gasteiger partial charge < -0.3 is 4.74 Å². The number of hydrogen-bond donors (Lipinski definition) is 0. The van der Waals surface area contributed by atoms with Gasteiger partial charge in [0.05, 0.1) is 0 Å². The molecule has 0 N–H and O–H groups in total. The van der Waals surface area contributed by atoms with Gasteiger partial charge in [0.15, 0.2) is 4.60 Å². The minimum atomic E-state index is -3.70. The van der Waals surface area contributed by atoms with Crippen LogP contribution in [0.25, 0.3) is 0 Å². The number of sulfonamides is 1. The van der Waals surface area contributed by atoms with Gasteiger partial charge >= 0.3 is 0 Å². The lowest BCUT2D eigenvalue weighted by molar-refractivity contribution is 0.292. The van der Waals surface area contributed by atoms with Crippen LogP contribution in [0.3, 0.4) is 0 Å². The number of aryl methyl sites for hydroxylation is 1. The maximum atomic E-state index is 12.8. The molecule has 0 unspecified atom stereocenters. The molecule has 0 bridgehead atoms. The molecule has 7 nitrogen and oxygen atoms in total. The summed E-state index contributed by atoms with van der Waals surface area (Å²) in [5, 5.41) is 7.51. The van der Waals surface area contributed by atoms with Gasteiger partial charge in [-0.25, -0.2) is 13.1 Å². The normalized spacial score (nSPS) is 16.1. The Kier molecular flexibility index (Phi) is 3.72. The molecule has 1 aromatic carbocycles. The maximum absolute atomic E-state index is 12.8. The smallest absolute Gasteiger partial charge is 0.263 e. The fraction of sp³-hybridized carbons (Fsp3) is 0.333. The zero-order valence-corrected chi connectivity index (χ0v) is 13.6. The summed E-state index contributed by atoms with van der Waals surface area (Å²) in [5.41, 5.74) is 0.838.